The van der Waals surface area contributed by atoms with Crippen LogP contribution in [0.15, 0.2) is 29.2 Å². The van der Waals surface area contributed by atoms with Gasteiger partial charge >= 0.3 is 5.97 Å². The van der Waals surface area contributed by atoms with E-state index in [4.69, 9.17) is 10.5 Å². The first-order chi connectivity index (χ1) is 18.0. The Morgan fingerprint density at radius 3 is 2.34 bits per heavy atom. The van der Waals surface area contributed by atoms with Crippen molar-refractivity contribution in [2.24, 2.45) is 11.7 Å². The van der Waals surface area contributed by atoms with E-state index < -0.39 is 21.8 Å². The van der Waals surface area contributed by atoms with Crippen molar-refractivity contribution < 1.29 is 32.3 Å². The highest BCUT2D eigenvalue weighted by Crippen LogP contribution is 2.37. The summed E-state index contributed by atoms with van der Waals surface area (Å²) in [4.78, 5) is 51.4. The summed E-state index contributed by atoms with van der Waals surface area (Å²) < 4.78 is 32.6. The van der Waals surface area contributed by atoms with Crippen LogP contribution in [0.4, 0.5) is 5.00 Å². The van der Waals surface area contributed by atoms with Gasteiger partial charge < -0.3 is 20.7 Å². The largest absolute Gasteiger partial charge is 0.466 e. The maximum Gasteiger partial charge on any atom is 0.309 e. The maximum absolute atomic E-state index is 13.1. The molecule has 0 radical (unpaired) electrons. The fourth-order valence-electron chi connectivity index (χ4n) is 4.72. The van der Waals surface area contributed by atoms with Gasteiger partial charge in [0.2, 0.25) is 15.9 Å². The summed E-state index contributed by atoms with van der Waals surface area (Å²) in [6, 6.07) is 5.53. The van der Waals surface area contributed by atoms with E-state index in [0.29, 0.717) is 37.4 Å². The number of primary amides is 1. The highest BCUT2D eigenvalue weighted by molar-refractivity contribution is 7.89. The minimum Gasteiger partial charge on any atom is -0.466 e. The zero-order valence-electron chi connectivity index (χ0n) is 21.2. The van der Waals surface area contributed by atoms with Crippen LogP contribution in [0, 0.1) is 5.92 Å². The monoisotopic (exact) mass is 562 g/mol. The van der Waals surface area contributed by atoms with E-state index in [9.17, 15) is 27.6 Å². The van der Waals surface area contributed by atoms with Gasteiger partial charge in [-0.1, -0.05) is 0 Å². The standard InChI is InChI=1S/C25H30N4O7S2/c1-3-36-25(33)17-8-12-29(13-9-17)38(34,35)18-6-4-16(5-7-18)23(32)27-24-21(22(26)31)19-10-11-28(15(2)30)14-20(19)37-24/h4-7,17H,3,8-14H2,1-2H3,(H2,26,31)(H,27,32). The number of esters is 1. The highest BCUT2D eigenvalue weighted by Gasteiger charge is 2.33. The SMILES string of the molecule is CCOC(=O)C1CCN(S(=O)(=O)c2ccc(C(=O)Nc3sc4c(c3C(N)=O)CCN(C(C)=O)C4)cc2)CC1. The van der Waals surface area contributed by atoms with Crippen LogP contribution in [-0.2, 0) is 37.3 Å². The molecule has 0 spiro atoms. The number of carbonyl (C=O) groups excluding carboxylic acids is 4. The quantitative estimate of drug-likeness (QED) is 0.489. The Kier molecular flexibility index (Phi) is 8.19. The van der Waals surface area contributed by atoms with E-state index in [2.05, 4.69) is 5.32 Å². The van der Waals surface area contributed by atoms with Crippen molar-refractivity contribution in [3.8, 4) is 0 Å². The van der Waals surface area contributed by atoms with Crippen LogP contribution in [0.1, 0.15) is 57.8 Å². The van der Waals surface area contributed by atoms with E-state index in [1.165, 1.54) is 46.8 Å². The molecule has 2 aromatic rings. The zero-order chi connectivity index (χ0) is 27.6. The molecule has 11 nitrogen and oxygen atoms in total. The average molecular weight is 563 g/mol. The van der Waals surface area contributed by atoms with Gasteiger partial charge in [-0.15, -0.1) is 11.3 Å². The number of piperidine rings is 1. The van der Waals surface area contributed by atoms with Crippen LogP contribution in [0.25, 0.3) is 0 Å². The van der Waals surface area contributed by atoms with Gasteiger partial charge in [0.15, 0.2) is 0 Å². The number of thiophene rings is 1. The summed E-state index contributed by atoms with van der Waals surface area (Å²) in [5.41, 5.74) is 6.80. The molecule has 38 heavy (non-hydrogen) atoms. The smallest absolute Gasteiger partial charge is 0.309 e. The van der Waals surface area contributed by atoms with Crippen LogP contribution >= 0.6 is 11.3 Å². The van der Waals surface area contributed by atoms with Gasteiger partial charge in [-0.3, -0.25) is 19.2 Å². The Labute approximate surface area is 225 Å². The van der Waals surface area contributed by atoms with Gasteiger partial charge in [-0.2, -0.15) is 4.31 Å². The second-order valence-electron chi connectivity index (χ2n) is 9.17. The number of nitrogens with one attached hydrogen (secondary N) is 1. The minimum atomic E-state index is -3.80. The molecule has 0 saturated carbocycles. The van der Waals surface area contributed by atoms with Crippen molar-refractivity contribution in [1.82, 2.24) is 9.21 Å². The predicted octanol–water partition coefficient (Wildman–Crippen LogP) is 1.97. The summed E-state index contributed by atoms with van der Waals surface area (Å²) in [6.07, 6.45) is 1.23. The number of benzene rings is 1. The number of hydrogen-bond acceptors (Lipinski definition) is 8. The fraction of sp³-hybridized carbons (Fsp3) is 0.440. The molecular formula is C25H30N4O7S2. The lowest BCUT2D eigenvalue weighted by atomic mass is 9.98. The summed E-state index contributed by atoms with van der Waals surface area (Å²) in [6.45, 7) is 4.70. The van der Waals surface area contributed by atoms with Crippen molar-refractivity contribution in [2.75, 3.05) is 31.6 Å². The molecule has 4 rings (SSSR count). The summed E-state index contributed by atoms with van der Waals surface area (Å²) in [5, 5.41) is 3.03. The third kappa shape index (κ3) is 5.59. The van der Waals surface area contributed by atoms with E-state index in [0.717, 1.165) is 10.4 Å². The van der Waals surface area contributed by atoms with E-state index in [1.54, 1.807) is 11.8 Å². The number of sulfonamides is 1. The normalized spacial score (nSPS) is 16.5. The lowest BCUT2D eigenvalue weighted by molar-refractivity contribution is -0.149. The molecule has 0 atom stereocenters. The van der Waals surface area contributed by atoms with Crippen LogP contribution in [-0.4, -0.2) is 67.6 Å². The number of amides is 3. The number of ether oxygens (including phenoxy) is 1. The van der Waals surface area contributed by atoms with Crippen LogP contribution < -0.4 is 11.1 Å². The minimum absolute atomic E-state index is 0.0392. The number of anilines is 1. The van der Waals surface area contributed by atoms with Gasteiger partial charge in [0, 0.05) is 37.0 Å². The zero-order valence-corrected chi connectivity index (χ0v) is 22.8. The molecule has 3 heterocycles. The number of nitrogens with zero attached hydrogens (tertiary/aromatic N) is 2. The Hall–Kier alpha value is -3.29. The highest BCUT2D eigenvalue weighted by atomic mass is 32.2. The third-order valence-corrected chi connectivity index (χ3v) is 9.85. The second-order valence-corrected chi connectivity index (χ2v) is 12.2. The molecule has 0 bridgehead atoms. The molecule has 204 valence electrons. The molecule has 1 saturated heterocycles. The van der Waals surface area contributed by atoms with Crippen LogP contribution in [0.5, 0.6) is 0 Å². The Morgan fingerprint density at radius 2 is 1.76 bits per heavy atom. The molecular weight excluding hydrogens is 532 g/mol. The lowest BCUT2D eigenvalue weighted by Gasteiger charge is -2.30. The Bertz CT molecular complexity index is 1360. The topological polar surface area (TPSA) is 156 Å². The van der Waals surface area contributed by atoms with Crippen molar-refractivity contribution >= 4 is 50.1 Å². The summed E-state index contributed by atoms with van der Waals surface area (Å²) in [7, 11) is -3.80. The molecule has 13 heteroatoms. The Morgan fingerprint density at radius 1 is 1.11 bits per heavy atom. The van der Waals surface area contributed by atoms with Crippen molar-refractivity contribution in [3.05, 3.63) is 45.8 Å². The van der Waals surface area contributed by atoms with E-state index >= 15 is 0 Å². The van der Waals surface area contributed by atoms with Crippen LogP contribution in [0.3, 0.4) is 0 Å². The number of hydrogen-bond donors (Lipinski definition) is 2. The first kappa shape index (κ1) is 27.7. The lowest BCUT2D eigenvalue weighted by Crippen LogP contribution is -2.40. The first-order valence-electron chi connectivity index (χ1n) is 12.3. The number of carbonyl (C=O) groups is 4. The maximum atomic E-state index is 13.1. The molecule has 2 aliphatic heterocycles. The van der Waals surface area contributed by atoms with Gasteiger partial charge in [-0.05, 0) is 56.0 Å². The van der Waals surface area contributed by atoms with Crippen LogP contribution in [0.2, 0.25) is 0 Å². The van der Waals surface area contributed by atoms with Crippen molar-refractivity contribution in [1.29, 1.82) is 0 Å². The second kappa shape index (κ2) is 11.2. The van der Waals surface area contributed by atoms with Gasteiger partial charge in [0.1, 0.15) is 5.00 Å². The molecule has 3 amide bonds. The molecule has 1 aromatic heterocycles. The molecule has 1 aromatic carbocycles. The summed E-state index contributed by atoms with van der Waals surface area (Å²) in [5.74, 6) is -1.88. The molecule has 0 aliphatic carbocycles. The molecule has 3 N–H and O–H groups in total. The number of fused-ring (bicyclic) bond motifs is 1. The van der Waals surface area contributed by atoms with E-state index in [-0.39, 0.29) is 53.5 Å². The number of nitrogens with two attached hydrogens (primary N) is 1. The Balaban J connectivity index is 1.46. The predicted molar refractivity (Wildman–Crippen MR) is 140 cm³/mol. The van der Waals surface area contributed by atoms with Crippen molar-refractivity contribution in [3.63, 3.8) is 0 Å². The average Bonchev–Trinajstić information content (AvgIpc) is 3.26. The molecule has 0 unspecified atom stereocenters. The first-order valence-corrected chi connectivity index (χ1v) is 14.6. The molecule has 1 fully saturated rings. The van der Waals surface area contributed by atoms with Crippen molar-refractivity contribution in [2.45, 2.75) is 44.6 Å². The van der Waals surface area contributed by atoms with E-state index in [1.807, 2.05) is 0 Å². The van der Waals surface area contributed by atoms with Gasteiger partial charge in [0.05, 0.1) is 29.5 Å². The third-order valence-electron chi connectivity index (χ3n) is 6.80. The molecule has 2 aliphatic rings. The summed E-state index contributed by atoms with van der Waals surface area (Å²) >= 11 is 1.20. The number of rotatable bonds is 7. The van der Waals surface area contributed by atoms with Gasteiger partial charge in [-0.25, -0.2) is 8.42 Å². The van der Waals surface area contributed by atoms with Gasteiger partial charge in [0.25, 0.3) is 11.8 Å². The fourth-order valence-corrected chi connectivity index (χ4v) is 7.45.